The Morgan fingerprint density at radius 2 is 1.38 bits per heavy atom. The molecule has 3 rings (SSSR count). The Bertz CT molecular complexity index is 682. The van der Waals surface area contributed by atoms with Crippen LogP contribution < -0.4 is 0 Å². The smallest absolute Gasteiger partial charge is 0.302 e. The van der Waals surface area contributed by atoms with Crippen molar-refractivity contribution in [1.29, 1.82) is 0 Å². The molecular weight excluding hydrogens is 300 g/mol. The number of benzene rings is 2. The molecule has 0 aliphatic carbocycles. The third-order valence-corrected chi connectivity index (χ3v) is 5.49. The Labute approximate surface area is 143 Å². The van der Waals surface area contributed by atoms with Crippen LogP contribution in [0.25, 0.3) is 0 Å². The fourth-order valence-electron chi connectivity index (χ4n) is 3.72. The summed E-state index contributed by atoms with van der Waals surface area (Å²) >= 11 is 0. The van der Waals surface area contributed by atoms with E-state index in [0.29, 0.717) is 0 Å². The second-order valence-electron chi connectivity index (χ2n) is 7.15. The quantitative estimate of drug-likeness (QED) is 0.786. The minimum absolute atomic E-state index is 0.247. The summed E-state index contributed by atoms with van der Waals surface area (Å²) in [6.07, 6.45) is 0. The SMILES string of the molecule is CC(=O)OCC1(C)OC(c2ccccc2)(c2ccccc2)C1(C)C. The number of hydrogen-bond acceptors (Lipinski definition) is 3. The van der Waals surface area contributed by atoms with Crippen molar-refractivity contribution >= 4 is 5.97 Å². The Hall–Kier alpha value is -2.13. The lowest BCUT2D eigenvalue weighted by Crippen LogP contribution is -2.73. The summed E-state index contributed by atoms with van der Waals surface area (Å²) in [5.74, 6) is -0.285. The first-order valence-corrected chi connectivity index (χ1v) is 8.28. The van der Waals surface area contributed by atoms with Crippen LogP contribution in [0.1, 0.15) is 38.8 Å². The standard InChI is InChI=1S/C21H24O3/c1-16(22)23-15-20(4)19(2,3)21(24-20,17-11-7-5-8-12-17)18-13-9-6-10-14-18/h5-14H,15H2,1-4H3. The van der Waals surface area contributed by atoms with Crippen LogP contribution in [0.3, 0.4) is 0 Å². The lowest BCUT2D eigenvalue weighted by molar-refractivity contribution is -0.362. The summed E-state index contributed by atoms with van der Waals surface area (Å²) in [5.41, 5.74) is 0.843. The molecule has 2 aromatic carbocycles. The van der Waals surface area contributed by atoms with Gasteiger partial charge in [-0.15, -0.1) is 0 Å². The molecule has 0 amide bonds. The van der Waals surface area contributed by atoms with Crippen molar-refractivity contribution in [3.8, 4) is 0 Å². The highest BCUT2D eigenvalue weighted by atomic mass is 16.6. The van der Waals surface area contributed by atoms with E-state index < -0.39 is 11.2 Å². The van der Waals surface area contributed by atoms with Crippen LogP contribution in [0.15, 0.2) is 60.7 Å². The van der Waals surface area contributed by atoms with E-state index in [9.17, 15) is 4.79 Å². The van der Waals surface area contributed by atoms with Crippen molar-refractivity contribution in [3.63, 3.8) is 0 Å². The number of rotatable bonds is 4. The van der Waals surface area contributed by atoms with E-state index in [1.54, 1.807) is 0 Å². The van der Waals surface area contributed by atoms with Gasteiger partial charge in [0.25, 0.3) is 0 Å². The lowest BCUT2D eigenvalue weighted by Gasteiger charge is -2.67. The van der Waals surface area contributed by atoms with E-state index in [0.717, 1.165) is 11.1 Å². The molecule has 1 heterocycles. The molecule has 2 aromatic rings. The molecule has 0 aromatic heterocycles. The molecule has 3 heteroatoms. The highest BCUT2D eigenvalue weighted by Gasteiger charge is 2.70. The van der Waals surface area contributed by atoms with Gasteiger partial charge in [0.05, 0.1) is 0 Å². The van der Waals surface area contributed by atoms with Gasteiger partial charge in [-0.1, -0.05) is 74.5 Å². The van der Waals surface area contributed by atoms with Crippen molar-refractivity contribution in [3.05, 3.63) is 71.8 Å². The van der Waals surface area contributed by atoms with Gasteiger partial charge in [0, 0.05) is 12.3 Å². The lowest BCUT2D eigenvalue weighted by atomic mass is 9.54. The van der Waals surface area contributed by atoms with Gasteiger partial charge in [-0.25, -0.2) is 0 Å². The topological polar surface area (TPSA) is 35.5 Å². The fraction of sp³-hybridized carbons (Fsp3) is 0.381. The summed E-state index contributed by atoms with van der Waals surface area (Å²) in [7, 11) is 0. The molecule has 0 radical (unpaired) electrons. The molecular formula is C21H24O3. The predicted molar refractivity (Wildman–Crippen MR) is 93.6 cm³/mol. The van der Waals surface area contributed by atoms with E-state index in [4.69, 9.17) is 9.47 Å². The maximum absolute atomic E-state index is 11.3. The molecule has 0 spiro atoms. The normalized spacial score (nSPS) is 24.0. The molecule has 24 heavy (non-hydrogen) atoms. The van der Waals surface area contributed by atoms with E-state index in [-0.39, 0.29) is 18.0 Å². The average Bonchev–Trinajstić information content (AvgIpc) is 2.59. The molecule has 1 unspecified atom stereocenters. The number of carbonyl (C=O) groups excluding carboxylic acids is 1. The maximum atomic E-state index is 11.3. The van der Waals surface area contributed by atoms with Crippen LogP contribution in [-0.2, 0) is 19.9 Å². The van der Waals surface area contributed by atoms with Crippen LogP contribution in [0.4, 0.5) is 0 Å². The minimum atomic E-state index is -0.565. The van der Waals surface area contributed by atoms with Crippen molar-refractivity contribution in [1.82, 2.24) is 0 Å². The summed E-state index contributed by atoms with van der Waals surface area (Å²) in [6, 6.07) is 20.5. The van der Waals surface area contributed by atoms with Gasteiger partial charge < -0.3 is 9.47 Å². The molecule has 126 valence electrons. The van der Waals surface area contributed by atoms with Crippen LogP contribution >= 0.6 is 0 Å². The van der Waals surface area contributed by atoms with Crippen molar-refractivity contribution in [2.24, 2.45) is 5.41 Å². The van der Waals surface area contributed by atoms with Gasteiger partial charge >= 0.3 is 5.97 Å². The molecule has 1 aliphatic heterocycles. The minimum Gasteiger partial charge on any atom is -0.463 e. The molecule has 1 saturated heterocycles. The van der Waals surface area contributed by atoms with Crippen LogP contribution in [0.2, 0.25) is 0 Å². The van der Waals surface area contributed by atoms with Crippen LogP contribution in [-0.4, -0.2) is 18.2 Å². The molecule has 1 aliphatic rings. The molecule has 1 atom stereocenters. The molecule has 0 bridgehead atoms. The molecule has 0 saturated carbocycles. The van der Waals surface area contributed by atoms with Gasteiger partial charge in [-0.2, -0.15) is 0 Å². The zero-order chi connectivity index (χ0) is 17.4. The average molecular weight is 324 g/mol. The monoisotopic (exact) mass is 324 g/mol. The zero-order valence-corrected chi connectivity index (χ0v) is 14.7. The third-order valence-electron chi connectivity index (χ3n) is 5.49. The third kappa shape index (κ3) is 2.27. The first kappa shape index (κ1) is 16.7. The summed E-state index contributed by atoms with van der Waals surface area (Å²) in [4.78, 5) is 11.3. The van der Waals surface area contributed by atoms with Gasteiger partial charge in [0.1, 0.15) is 17.8 Å². The number of carbonyl (C=O) groups is 1. The van der Waals surface area contributed by atoms with Gasteiger partial charge in [-0.05, 0) is 18.1 Å². The second kappa shape index (κ2) is 5.75. The highest BCUT2D eigenvalue weighted by molar-refractivity contribution is 5.66. The Kier molecular flexibility index (Phi) is 4.00. The maximum Gasteiger partial charge on any atom is 0.302 e. The summed E-state index contributed by atoms with van der Waals surface area (Å²) in [6.45, 7) is 8.05. The zero-order valence-electron chi connectivity index (χ0n) is 14.7. The van der Waals surface area contributed by atoms with E-state index in [2.05, 4.69) is 38.1 Å². The first-order valence-electron chi connectivity index (χ1n) is 8.28. The number of esters is 1. The fourth-order valence-corrected chi connectivity index (χ4v) is 3.72. The van der Waals surface area contributed by atoms with Crippen molar-refractivity contribution < 1.29 is 14.3 Å². The number of ether oxygens (including phenoxy) is 2. The van der Waals surface area contributed by atoms with Crippen LogP contribution in [0, 0.1) is 5.41 Å². The summed E-state index contributed by atoms with van der Waals surface area (Å²) in [5, 5.41) is 0. The predicted octanol–water partition coefficient (Wildman–Crippen LogP) is 4.31. The first-order chi connectivity index (χ1) is 11.3. The second-order valence-corrected chi connectivity index (χ2v) is 7.15. The van der Waals surface area contributed by atoms with Gasteiger partial charge in [0.15, 0.2) is 0 Å². The summed E-state index contributed by atoms with van der Waals surface area (Å²) < 4.78 is 11.9. The van der Waals surface area contributed by atoms with Gasteiger partial charge in [0.2, 0.25) is 0 Å². The molecule has 1 fully saturated rings. The molecule has 0 N–H and O–H groups in total. The van der Waals surface area contributed by atoms with E-state index >= 15 is 0 Å². The van der Waals surface area contributed by atoms with Crippen molar-refractivity contribution in [2.45, 2.75) is 38.9 Å². The van der Waals surface area contributed by atoms with Crippen molar-refractivity contribution in [2.75, 3.05) is 6.61 Å². The van der Waals surface area contributed by atoms with Gasteiger partial charge in [-0.3, -0.25) is 4.79 Å². The van der Waals surface area contributed by atoms with Crippen LogP contribution in [0.5, 0.6) is 0 Å². The Morgan fingerprint density at radius 3 is 1.75 bits per heavy atom. The van der Waals surface area contributed by atoms with E-state index in [1.807, 2.05) is 43.3 Å². The molecule has 3 nitrogen and oxygen atoms in total. The Morgan fingerprint density at radius 1 is 0.917 bits per heavy atom. The number of hydrogen-bond donors (Lipinski definition) is 0. The highest BCUT2D eigenvalue weighted by Crippen LogP contribution is 2.65. The Balaban J connectivity index is 2.08. The van der Waals surface area contributed by atoms with E-state index in [1.165, 1.54) is 6.92 Å². The largest absolute Gasteiger partial charge is 0.463 e.